The Bertz CT molecular complexity index is 375. The molecule has 0 radical (unpaired) electrons. The number of aliphatic hydroxyl groups is 1. The van der Waals surface area contributed by atoms with Crippen LogP contribution in [0.3, 0.4) is 0 Å². The fourth-order valence-corrected chi connectivity index (χ4v) is 1.60. The molecule has 1 rings (SSSR count). The molecular weight excluding hydrogens is 233 g/mol. The Morgan fingerprint density at radius 3 is 2.67 bits per heavy atom. The molecule has 102 valence electrons. The van der Waals surface area contributed by atoms with Crippen LogP contribution in [-0.4, -0.2) is 30.4 Å². The zero-order chi connectivity index (χ0) is 13.6. The van der Waals surface area contributed by atoms with Gasteiger partial charge in [0.2, 0.25) is 0 Å². The number of nitrogens with one attached hydrogen (secondary N) is 1. The van der Waals surface area contributed by atoms with Crippen LogP contribution in [0.5, 0.6) is 5.75 Å². The average molecular weight is 255 g/mol. The Kier molecular flexibility index (Phi) is 5.56. The molecule has 0 bridgehead atoms. The third-order valence-corrected chi connectivity index (χ3v) is 2.44. The predicted molar refractivity (Wildman–Crippen MR) is 70.4 cm³/mol. The van der Waals surface area contributed by atoms with Gasteiger partial charge in [-0.25, -0.2) is 4.39 Å². The van der Waals surface area contributed by atoms with Crippen molar-refractivity contribution in [2.24, 2.45) is 0 Å². The molecule has 2 N–H and O–H groups in total. The van der Waals surface area contributed by atoms with E-state index in [1.54, 1.807) is 19.9 Å². The molecule has 0 amide bonds. The van der Waals surface area contributed by atoms with E-state index in [0.717, 1.165) is 12.0 Å². The highest BCUT2D eigenvalue weighted by atomic mass is 19.1. The first-order chi connectivity index (χ1) is 8.42. The van der Waals surface area contributed by atoms with E-state index in [-0.39, 0.29) is 5.82 Å². The summed E-state index contributed by atoms with van der Waals surface area (Å²) in [6, 6.07) is 5.01. The number of ether oxygens (including phenoxy) is 1. The van der Waals surface area contributed by atoms with E-state index in [9.17, 15) is 9.50 Å². The average Bonchev–Trinajstić information content (AvgIpc) is 2.27. The molecule has 4 heteroatoms. The second kappa shape index (κ2) is 6.71. The molecule has 0 saturated carbocycles. The van der Waals surface area contributed by atoms with Crippen LogP contribution in [-0.2, 0) is 6.42 Å². The van der Waals surface area contributed by atoms with Crippen molar-refractivity contribution in [2.75, 3.05) is 19.7 Å². The van der Waals surface area contributed by atoms with Crippen molar-refractivity contribution in [3.05, 3.63) is 29.6 Å². The maximum atomic E-state index is 13.6. The van der Waals surface area contributed by atoms with Gasteiger partial charge in [-0.05, 0) is 51.4 Å². The van der Waals surface area contributed by atoms with Gasteiger partial charge in [-0.15, -0.1) is 0 Å². The van der Waals surface area contributed by atoms with Gasteiger partial charge in [-0.2, -0.15) is 0 Å². The third-order valence-electron chi connectivity index (χ3n) is 2.44. The first-order valence-corrected chi connectivity index (χ1v) is 6.26. The van der Waals surface area contributed by atoms with Crippen LogP contribution in [0.4, 0.5) is 4.39 Å². The second-order valence-corrected chi connectivity index (χ2v) is 4.94. The number of rotatable bonds is 7. The zero-order valence-corrected chi connectivity index (χ0v) is 11.3. The van der Waals surface area contributed by atoms with E-state index in [2.05, 4.69) is 5.32 Å². The molecule has 0 fully saturated rings. The molecule has 0 atom stereocenters. The first-order valence-electron chi connectivity index (χ1n) is 6.26. The van der Waals surface area contributed by atoms with Crippen molar-refractivity contribution in [1.29, 1.82) is 0 Å². The normalized spacial score (nSPS) is 11.6. The van der Waals surface area contributed by atoms with E-state index in [1.165, 1.54) is 6.07 Å². The van der Waals surface area contributed by atoms with Crippen LogP contribution in [0, 0.1) is 5.82 Å². The maximum absolute atomic E-state index is 13.6. The Labute approximate surface area is 108 Å². The van der Waals surface area contributed by atoms with Crippen LogP contribution >= 0.6 is 0 Å². The van der Waals surface area contributed by atoms with Gasteiger partial charge in [0.1, 0.15) is 0 Å². The largest absolute Gasteiger partial charge is 0.491 e. The summed E-state index contributed by atoms with van der Waals surface area (Å²) in [6.07, 6.45) is 0.722. The van der Waals surface area contributed by atoms with Crippen molar-refractivity contribution in [2.45, 2.75) is 32.8 Å². The van der Waals surface area contributed by atoms with Gasteiger partial charge in [0.05, 0.1) is 12.2 Å². The summed E-state index contributed by atoms with van der Waals surface area (Å²) in [6.45, 7) is 7.01. The lowest BCUT2D eigenvalue weighted by molar-refractivity contribution is 0.0801. The van der Waals surface area contributed by atoms with Gasteiger partial charge in [0, 0.05) is 6.54 Å². The van der Waals surface area contributed by atoms with Gasteiger partial charge in [-0.3, -0.25) is 0 Å². The number of halogens is 1. The third kappa shape index (κ3) is 5.47. The molecular formula is C14H22FNO2. The highest BCUT2D eigenvalue weighted by Crippen LogP contribution is 2.18. The summed E-state index contributed by atoms with van der Waals surface area (Å²) in [4.78, 5) is 0. The SMILES string of the molecule is CCOc1ccc(CCNCC(C)(C)O)cc1F. The lowest BCUT2D eigenvalue weighted by Gasteiger charge is -2.17. The first kappa shape index (κ1) is 14.9. The molecule has 0 spiro atoms. The summed E-state index contributed by atoms with van der Waals surface area (Å²) in [5.41, 5.74) is 0.198. The van der Waals surface area contributed by atoms with Crippen molar-refractivity contribution in [3.63, 3.8) is 0 Å². The molecule has 0 unspecified atom stereocenters. The minimum Gasteiger partial charge on any atom is -0.491 e. The minimum atomic E-state index is -0.718. The zero-order valence-electron chi connectivity index (χ0n) is 11.3. The van der Waals surface area contributed by atoms with Crippen molar-refractivity contribution < 1.29 is 14.2 Å². The standard InChI is InChI=1S/C14H22FNO2/c1-4-18-13-6-5-11(9-12(13)15)7-8-16-10-14(2,3)17/h5-6,9,16-17H,4,7-8,10H2,1-3H3. The number of hydrogen-bond donors (Lipinski definition) is 2. The molecule has 0 heterocycles. The van der Waals surface area contributed by atoms with Crippen LogP contribution in [0.25, 0.3) is 0 Å². The van der Waals surface area contributed by atoms with Gasteiger partial charge in [-0.1, -0.05) is 6.07 Å². The molecule has 0 aromatic heterocycles. The lowest BCUT2D eigenvalue weighted by Crippen LogP contribution is -2.35. The Morgan fingerprint density at radius 1 is 1.39 bits per heavy atom. The Hall–Kier alpha value is -1.13. The summed E-state index contributed by atoms with van der Waals surface area (Å²) >= 11 is 0. The molecule has 0 aliphatic heterocycles. The summed E-state index contributed by atoms with van der Waals surface area (Å²) in [7, 11) is 0. The van der Waals surface area contributed by atoms with Crippen LogP contribution in [0.1, 0.15) is 26.3 Å². The minimum absolute atomic E-state index is 0.297. The monoisotopic (exact) mass is 255 g/mol. The van der Waals surface area contributed by atoms with Crippen LogP contribution < -0.4 is 10.1 Å². The van der Waals surface area contributed by atoms with Crippen molar-refractivity contribution >= 4 is 0 Å². The quantitative estimate of drug-likeness (QED) is 0.733. The van der Waals surface area contributed by atoms with E-state index < -0.39 is 5.60 Å². The van der Waals surface area contributed by atoms with Gasteiger partial charge < -0.3 is 15.2 Å². The van der Waals surface area contributed by atoms with Crippen molar-refractivity contribution in [1.82, 2.24) is 5.32 Å². The fraction of sp³-hybridized carbons (Fsp3) is 0.571. The van der Waals surface area contributed by atoms with Gasteiger partial charge in [0.15, 0.2) is 11.6 Å². The Balaban J connectivity index is 2.41. The smallest absolute Gasteiger partial charge is 0.165 e. The van der Waals surface area contributed by atoms with E-state index in [4.69, 9.17) is 4.74 Å². The fourth-order valence-electron chi connectivity index (χ4n) is 1.60. The lowest BCUT2D eigenvalue weighted by atomic mass is 10.1. The highest BCUT2D eigenvalue weighted by Gasteiger charge is 2.11. The van der Waals surface area contributed by atoms with E-state index in [1.807, 2.05) is 13.0 Å². The molecule has 3 nitrogen and oxygen atoms in total. The molecule has 0 saturated heterocycles. The number of benzene rings is 1. The van der Waals surface area contributed by atoms with Crippen LogP contribution in [0.2, 0.25) is 0 Å². The van der Waals surface area contributed by atoms with E-state index >= 15 is 0 Å². The molecule has 1 aromatic rings. The van der Waals surface area contributed by atoms with Crippen molar-refractivity contribution in [3.8, 4) is 5.75 Å². The summed E-state index contributed by atoms with van der Waals surface area (Å²) in [5, 5.41) is 12.6. The molecule has 18 heavy (non-hydrogen) atoms. The van der Waals surface area contributed by atoms with Gasteiger partial charge >= 0.3 is 0 Å². The molecule has 0 aliphatic rings. The van der Waals surface area contributed by atoms with Crippen LogP contribution in [0.15, 0.2) is 18.2 Å². The van der Waals surface area contributed by atoms with E-state index in [0.29, 0.717) is 25.4 Å². The number of hydrogen-bond acceptors (Lipinski definition) is 3. The summed E-state index contributed by atoms with van der Waals surface area (Å²) in [5.74, 6) is -0.0254. The second-order valence-electron chi connectivity index (χ2n) is 4.94. The Morgan fingerprint density at radius 2 is 2.11 bits per heavy atom. The maximum Gasteiger partial charge on any atom is 0.165 e. The molecule has 0 aliphatic carbocycles. The summed E-state index contributed by atoms with van der Waals surface area (Å²) < 4.78 is 18.7. The highest BCUT2D eigenvalue weighted by molar-refractivity contribution is 5.29. The van der Waals surface area contributed by atoms with Gasteiger partial charge in [0.25, 0.3) is 0 Å². The molecule has 1 aromatic carbocycles. The topological polar surface area (TPSA) is 41.5 Å². The predicted octanol–water partition coefficient (Wildman–Crippen LogP) is 2.13.